The van der Waals surface area contributed by atoms with Gasteiger partial charge in [0.15, 0.2) is 0 Å². The summed E-state index contributed by atoms with van der Waals surface area (Å²) in [5, 5.41) is 12.6. The number of carboxylic acids is 1. The second kappa shape index (κ2) is 12.6. The van der Waals surface area contributed by atoms with Crippen LogP contribution in [0, 0.1) is 19.8 Å². The van der Waals surface area contributed by atoms with Crippen molar-refractivity contribution in [1.29, 1.82) is 0 Å². The minimum Gasteiger partial charge on any atom is -0.481 e. The lowest BCUT2D eigenvalue weighted by atomic mass is 9.94. The Balaban J connectivity index is 1.64. The second-order valence-electron chi connectivity index (χ2n) is 11.2. The molecule has 3 heterocycles. The highest BCUT2D eigenvalue weighted by molar-refractivity contribution is 5.82. The Kier molecular flexibility index (Phi) is 9.14. The fourth-order valence-electron chi connectivity index (χ4n) is 5.32. The van der Waals surface area contributed by atoms with Gasteiger partial charge in [-0.05, 0) is 60.1 Å². The van der Waals surface area contributed by atoms with Crippen LogP contribution in [0.2, 0.25) is 0 Å². The van der Waals surface area contributed by atoms with Crippen LogP contribution in [0.25, 0.3) is 11.1 Å². The number of halogens is 1. The minimum absolute atomic E-state index is 0.0842. The molecule has 0 unspecified atom stereocenters. The first kappa shape index (κ1) is 29.1. The number of carbonyl (C=O) groups is 2. The van der Waals surface area contributed by atoms with Crippen molar-refractivity contribution in [2.45, 2.75) is 65.3 Å². The molecule has 1 saturated heterocycles. The van der Waals surface area contributed by atoms with Crippen molar-refractivity contribution in [3.63, 3.8) is 0 Å². The summed E-state index contributed by atoms with van der Waals surface area (Å²) in [6, 6.07) is 9.29. The lowest BCUT2D eigenvalue weighted by Crippen LogP contribution is -2.47. The van der Waals surface area contributed by atoms with Gasteiger partial charge in [-0.25, -0.2) is 4.39 Å². The van der Waals surface area contributed by atoms with E-state index >= 15 is 0 Å². The number of pyridine rings is 2. The van der Waals surface area contributed by atoms with E-state index in [0.29, 0.717) is 31.6 Å². The number of rotatable bonds is 11. The van der Waals surface area contributed by atoms with Crippen LogP contribution in [0.4, 0.5) is 4.39 Å². The Morgan fingerprint density at radius 3 is 2.45 bits per heavy atom. The Bertz CT molecular complexity index is 1410. The normalized spacial score (nSPS) is 15.4. The highest BCUT2D eigenvalue weighted by Gasteiger charge is 2.29. The predicted octanol–water partition coefficient (Wildman–Crippen LogP) is 4.60. The average Bonchev–Trinajstić information content (AvgIpc) is 2.87. The van der Waals surface area contributed by atoms with E-state index in [9.17, 15) is 23.9 Å². The number of aliphatic carboxylic acids is 1. The number of hydrogen-bond donors (Lipinski definition) is 2. The van der Waals surface area contributed by atoms with Gasteiger partial charge in [0.1, 0.15) is 12.2 Å². The van der Waals surface area contributed by atoms with E-state index in [2.05, 4.69) is 10.3 Å². The quantitative estimate of drug-likeness (QED) is 0.363. The molecule has 2 atom stereocenters. The van der Waals surface area contributed by atoms with E-state index in [1.165, 1.54) is 10.6 Å². The number of benzene rings is 1. The molecule has 2 N–H and O–H groups in total. The van der Waals surface area contributed by atoms with Gasteiger partial charge >= 0.3 is 5.97 Å². The summed E-state index contributed by atoms with van der Waals surface area (Å²) in [5.41, 5.74) is 5.02. The molecule has 0 spiro atoms. The van der Waals surface area contributed by atoms with Gasteiger partial charge in [0.25, 0.3) is 5.56 Å². The van der Waals surface area contributed by atoms with E-state index in [1.807, 2.05) is 56.9 Å². The number of carbonyl (C=O) groups excluding carboxylic acids is 1. The number of likely N-dealkylation sites (tertiary alicyclic amines) is 1. The van der Waals surface area contributed by atoms with Crippen LogP contribution >= 0.6 is 0 Å². The second-order valence-corrected chi connectivity index (χ2v) is 11.2. The first-order valence-corrected chi connectivity index (χ1v) is 13.6. The van der Waals surface area contributed by atoms with Gasteiger partial charge < -0.3 is 15.0 Å². The molecule has 1 aromatic carbocycles. The first-order valence-electron chi connectivity index (χ1n) is 13.6. The number of hydrogen-bond acceptors (Lipinski definition) is 5. The molecular formula is C31H37FN4O4. The Labute approximate surface area is 233 Å². The van der Waals surface area contributed by atoms with E-state index < -0.39 is 30.1 Å². The molecule has 4 rings (SSSR count). The molecule has 212 valence electrons. The summed E-state index contributed by atoms with van der Waals surface area (Å²) in [7, 11) is 0. The van der Waals surface area contributed by atoms with Gasteiger partial charge in [-0.15, -0.1) is 0 Å². The topological polar surface area (TPSA) is 105 Å². The Morgan fingerprint density at radius 1 is 1.12 bits per heavy atom. The van der Waals surface area contributed by atoms with Gasteiger partial charge in [0.2, 0.25) is 5.91 Å². The van der Waals surface area contributed by atoms with E-state index in [1.54, 1.807) is 24.7 Å². The molecule has 1 amide bonds. The zero-order valence-corrected chi connectivity index (χ0v) is 23.4. The average molecular weight is 549 g/mol. The van der Waals surface area contributed by atoms with Gasteiger partial charge in [0.05, 0.1) is 12.5 Å². The third kappa shape index (κ3) is 7.01. The fraction of sp³-hybridized carbons (Fsp3) is 0.419. The summed E-state index contributed by atoms with van der Waals surface area (Å²) in [6.07, 6.45) is 4.17. The lowest BCUT2D eigenvalue weighted by Gasteiger charge is -2.34. The smallest absolute Gasteiger partial charge is 0.305 e. The van der Waals surface area contributed by atoms with Crippen molar-refractivity contribution in [3.05, 3.63) is 87.6 Å². The number of aromatic nitrogens is 2. The van der Waals surface area contributed by atoms with Crippen molar-refractivity contribution in [3.8, 4) is 11.1 Å². The van der Waals surface area contributed by atoms with E-state index in [4.69, 9.17) is 0 Å². The number of alkyl halides is 1. The van der Waals surface area contributed by atoms with Crippen LogP contribution < -0.4 is 10.9 Å². The molecule has 1 fully saturated rings. The van der Waals surface area contributed by atoms with Gasteiger partial charge in [-0.2, -0.15) is 0 Å². The summed E-state index contributed by atoms with van der Waals surface area (Å²) in [6.45, 7) is 9.11. The maximum Gasteiger partial charge on any atom is 0.305 e. The SMILES string of the molecule is Cc1cccc(C)c1-c1cncc([C@H](CC(=O)O)NC(=O)[C@@H](CC(C)C)n2cc(CN3CC(F)C3)ccc2=O)c1. The van der Waals surface area contributed by atoms with Crippen molar-refractivity contribution < 1.29 is 19.1 Å². The highest BCUT2D eigenvalue weighted by Crippen LogP contribution is 2.30. The van der Waals surface area contributed by atoms with E-state index in [0.717, 1.165) is 27.8 Å². The van der Waals surface area contributed by atoms with Crippen molar-refractivity contribution >= 4 is 11.9 Å². The van der Waals surface area contributed by atoms with Crippen LogP contribution in [0.5, 0.6) is 0 Å². The monoisotopic (exact) mass is 548 g/mol. The molecule has 0 aliphatic carbocycles. The molecule has 0 radical (unpaired) electrons. The fourth-order valence-corrected chi connectivity index (χ4v) is 5.32. The van der Waals surface area contributed by atoms with Crippen LogP contribution in [-0.2, 0) is 16.1 Å². The Morgan fingerprint density at radius 2 is 1.82 bits per heavy atom. The van der Waals surface area contributed by atoms with E-state index in [-0.39, 0.29) is 17.9 Å². The first-order chi connectivity index (χ1) is 19.0. The maximum atomic E-state index is 13.8. The third-order valence-electron chi connectivity index (χ3n) is 7.28. The molecule has 40 heavy (non-hydrogen) atoms. The number of nitrogens with zero attached hydrogens (tertiary/aromatic N) is 3. The van der Waals surface area contributed by atoms with Crippen molar-refractivity contribution in [2.24, 2.45) is 5.92 Å². The number of aryl methyl sites for hydroxylation is 2. The molecule has 3 aromatic rings. The molecule has 1 aliphatic rings. The van der Waals surface area contributed by atoms with Crippen LogP contribution in [0.1, 0.15) is 61.0 Å². The number of carboxylic acid groups (broad SMARTS) is 1. The minimum atomic E-state index is -1.07. The molecule has 0 bridgehead atoms. The van der Waals surface area contributed by atoms with Gasteiger partial charge in [-0.3, -0.25) is 24.3 Å². The lowest BCUT2D eigenvalue weighted by molar-refractivity contribution is -0.138. The standard InChI is InChI=1S/C31H37FN4O4/c1-19(2)10-27(36-16-22(8-9-28(36)37)15-35-17-25(32)18-35)31(40)34-26(12-29(38)39)23-11-24(14-33-13-23)30-20(3)6-5-7-21(30)4/h5-9,11,13-14,16,19,25-27H,10,12,15,17-18H2,1-4H3,(H,34,40)(H,38,39)/t26-,27+/m0/s1. The number of nitrogens with one attached hydrogen (secondary N) is 1. The van der Waals surface area contributed by atoms with Crippen LogP contribution in [0.15, 0.2) is 59.8 Å². The zero-order chi connectivity index (χ0) is 29.0. The molecule has 1 aliphatic heterocycles. The highest BCUT2D eigenvalue weighted by atomic mass is 19.1. The zero-order valence-electron chi connectivity index (χ0n) is 23.4. The van der Waals surface area contributed by atoms with Crippen LogP contribution in [-0.4, -0.2) is 50.7 Å². The molecular weight excluding hydrogens is 511 g/mol. The molecule has 8 nitrogen and oxygen atoms in total. The maximum absolute atomic E-state index is 13.8. The molecule has 9 heteroatoms. The largest absolute Gasteiger partial charge is 0.481 e. The molecule has 0 saturated carbocycles. The summed E-state index contributed by atoms with van der Waals surface area (Å²) >= 11 is 0. The van der Waals surface area contributed by atoms with Crippen molar-refractivity contribution in [1.82, 2.24) is 19.8 Å². The van der Waals surface area contributed by atoms with Gasteiger partial charge in [-0.1, -0.05) is 38.1 Å². The Hall–Kier alpha value is -3.85. The summed E-state index contributed by atoms with van der Waals surface area (Å²) in [4.78, 5) is 44.8. The summed E-state index contributed by atoms with van der Waals surface area (Å²) in [5.74, 6) is -1.42. The van der Waals surface area contributed by atoms with Gasteiger partial charge in [0, 0.05) is 49.9 Å². The predicted molar refractivity (Wildman–Crippen MR) is 152 cm³/mol. The third-order valence-corrected chi connectivity index (χ3v) is 7.28. The van der Waals surface area contributed by atoms with Crippen LogP contribution in [0.3, 0.4) is 0 Å². The van der Waals surface area contributed by atoms with Crippen molar-refractivity contribution in [2.75, 3.05) is 13.1 Å². The number of amides is 1. The summed E-state index contributed by atoms with van der Waals surface area (Å²) < 4.78 is 14.7. The molecule has 2 aromatic heterocycles.